The molecule has 1 unspecified atom stereocenters. The number of halogens is 1. The predicted octanol–water partition coefficient (Wildman–Crippen LogP) is 3.48. The molecule has 5 heteroatoms. The van der Waals surface area contributed by atoms with Crippen LogP contribution in [0.1, 0.15) is 39.2 Å². The quantitative estimate of drug-likeness (QED) is 0.818. The second-order valence-corrected chi connectivity index (χ2v) is 9.33. The summed E-state index contributed by atoms with van der Waals surface area (Å²) >= 11 is 3.68. The fraction of sp³-hybridized carbons (Fsp3) is 0.600. The molecule has 2 rings (SSSR count). The van der Waals surface area contributed by atoms with Crippen LogP contribution >= 0.6 is 15.9 Å². The zero-order valence-corrected chi connectivity index (χ0v) is 14.6. The van der Waals surface area contributed by atoms with Crippen molar-refractivity contribution in [2.45, 2.75) is 55.8 Å². The molecule has 1 aromatic rings. The molecular formula is C15H22BrNO2S. The lowest BCUT2D eigenvalue weighted by molar-refractivity contribution is 0.396. The Morgan fingerprint density at radius 1 is 1.30 bits per heavy atom. The molecule has 0 heterocycles. The molecule has 0 radical (unpaired) electrons. The van der Waals surface area contributed by atoms with Gasteiger partial charge in [-0.25, -0.2) is 13.1 Å². The first-order valence-corrected chi connectivity index (χ1v) is 9.34. The van der Waals surface area contributed by atoms with Crippen molar-refractivity contribution in [2.24, 2.45) is 5.41 Å². The van der Waals surface area contributed by atoms with E-state index in [9.17, 15) is 8.42 Å². The van der Waals surface area contributed by atoms with Crippen LogP contribution in [0.25, 0.3) is 0 Å². The highest BCUT2D eigenvalue weighted by atomic mass is 79.9. The molecule has 0 bridgehead atoms. The van der Waals surface area contributed by atoms with E-state index in [4.69, 9.17) is 0 Å². The van der Waals surface area contributed by atoms with Crippen LogP contribution < -0.4 is 4.72 Å². The van der Waals surface area contributed by atoms with E-state index in [1.165, 1.54) is 0 Å². The average Bonchev–Trinajstić information content (AvgIpc) is 3.11. The molecule has 1 aliphatic carbocycles. The highest BCUT2D eigenvalue weighted by Crippen LogP contribution is 2.31. The minimum absolute atomic E-state index is 0.0841. The number of sulfonamides is 1. The molecule has 0 aliphatic heterocycles. The van der Waals surface area contributed by atoms with Crippen LogP contribution in [0, 0.1) is 5.41 Å². The summed E-state index contributed by atoms with van der Waals surface area (Å²) in [6.45, 7) is 6.43. The minimum atomic E-state index is -3.39. The highest BCUT2D eigenvalue weighted by Gasteiger charge is 2.30. The fourth-order valence-electron chi connectivity index (χ4n) is 1.92. The van der Waals surface area contributed by atoms with Crippen LogP contribution in [0.3, 0.4) is 0 Å². The van der Waals surface area contributed by atoms with Gasteiger partial charge in [-0.15, -0.1) is 0 Å². The summed E-state index contributed by atoms with van der Waals surface area (Å²) in [4.78, 5) is 0.646. The first kappa shape index (κ1) is 16.0. The lowest BCUT2D eigenvalue weighted by atomic mass is 9.88. The molecule has 0 amide bonds. The number of rotatable bonds is 5. The van der Waals surface area contributed by atoms with E-state index < -0.39 is 10.0 Å². The van der Waals surface area contributed by atoms with Crippen molar-refractivity contribution in [2.75, 3.05) is 0 Å². The summed E-state index contributed by atoms with van der Waals surface area (Å²) in [5.74, 6) is 0. The molecule has 1 fully saturated rings. The molecule has 3 nitrogen and oxygen atoms in total. The van der Waals surface area contributed by atoms with Crippen LogP contribution in [-0.2, 0) is 16.4 Å². The Bertz CT molecular complexity index is 574. The largest absolute Gasteiger partial charge is 0.241 e. The fourth-order valence-corrected chi connectivity index (χ4v) is 3.82. The van der Waals surface area contributed by atoms with E-state index in [0.717, 1.165) is 18.4 Å². The second-order valence-electron chi connectivity index (χ2n) is 6.54. The molecule has 0 aromatic heterocycles. The maximum absolute atomic E-state index is 12.4. The van der Waals surface area contributed by atoms with Gasteiger partial charge in [0.05, 0.1) is 4.90 Å². The van der Waals surface area contributed by atoms with Crippen LogP contribution in [0.2, 0.25) is 0 Å². The van der Waals surface area contributed by atoms with E-state index in [2.05, 4.69) is 41.4 Å². The summed E-state index contributed by atoms with van der Waals surface area (Å²) in [6, 6.07) is 7.42. The third kappa shape index (κ3) is 4.06. The Morgan fingerprint density at radius 3 is 2.45 bits per heavy atom. The van der Waals surface area contributed by atoms with Gasteiger partial charge in [-0.2, -0.15) is 0 Å². The van der Waals surface area contributed by atoms with E-state index in [1.807, 2.05) is 12.1 Å². The smallest absolute Gasteiger partial charge is 0.208 e. The van der Waals surface area contributed by atoms with Crippen molar-refractivity contribution in [3.8, 4) is 0 Å². The summed E-state index contributed by atoms with van der Waals surface area (Å²) < 4.78 is 27.6. The van der Waals surface area contributed by atoms with Crippen molar-refractivity contribution in [3.63, 3.8) is 0 Å². The molecule has 112 valence electrons. The van der Waals surface area contributed by atoms with Gasteiger partial charge in [0.2, 0.25) is 10.0 Å². The highest BCUT2D eigenvalue weighted by molar-refractivity contribution is 9.09. The van der Waals surface area contributed by atoms with Crippen molar-refractivity contribution in [1.29, 1.82) is 0 Å². The van der Waals surface area contributed by atoms with E-state index >= 15 is 0 Å². The molecule has 20 heavy (non-hydrogen) atoms. The number of hydrogen-bond donors (Lipinski definition) is 1. The van der Waals surface area contributed by atoms with Crippen LogP contribution in [0.15, 0.2) is 29.2 Å². The molecule has 1 saturated carbocycles. The van der Waals surface area contributed by atoms with Gasteiger partial charge < -0.3 is 0 Å². The summed E-state index contributed by atoms with van der Waals surface area (Å²) in [7, 11) is -3.39. The molecule has 1 aliphatic rings. The third-order valence-corrected chi connectivity index (χ3v) is 6.82. The van der Waals surface area contributed by atoms with E-state index in [-0.39, 0.29) is 16.3 Å². The minimum Gasteiger partial charge on any atom is -0.208 e. The second kappa shape index (κ2) is 5.78. The molecule has 0 saturated heterocycles. The Kier molecular flexibility index (Phi) is 4.62. The van der Waals surface area contributed by atoms with Crippen molar-refractivity contribution in [3.05, 3.63) is 29.8 Å². The summed E-state index contributed by atoms with van der Waals surface area (Å²) in [6.07, 6.45) is 2.60. The number of alkyl halides is 1. The molecule has 1 atom stereocenters. The maximum Gasteiger partial charge on any atom is 0.241 e. The third-order valence-electron chi connectivity index (χ3n) is 3.50. The van der Waals surface area contributed by atoms with Gasteiger partial charge in [-0.1, -0.05) is 54.9 Å². The molecule has 1 aromatic carbocycles. The number of hydrogen-bond acceptors (Lipinski definition) is 2. The Hall–Kier alpha value is -0.390. The lowest BCUT2D eigenvalue weighted by Crippen LogP contribution is -2.28. The zero-order chi connectivity index (χ0) is 15.0. The van der Waals surface area contributed by atoms with Crippen molar-refractivity contribution >= 4 is 26.0 Å². The number of nitrogens with one attached hydrogen (secondary N) is 1. The molecular weight excluding hydrogens is 338 g/mol. The van der Waals surface area contributed by atoms with Gasteiger partial charge in [0, 0.05) is 10.9 Å². The summed E-state index contributed by atoms with van der Waals surface area (Å²) in [5, 5.41) is 0. The Labute approximate surface area is 130 Å². The van der Waals surface area contributed by atoms with Gasteiger partial charge in [0.1, 0.15) is 0 Å². The van der Waals surface area contributed by atoms with Gasteiger partial charge >= 0.3 is 0 Å². The number of benzene rings is 1. The monoisotopic (exact) mass is 359 g/mol. The Morgan fingerprint density at radius 2 is 1.90 bits per heavy atom. The van der Waals surface area contributed by atoms with Gasteiger partial charge in [0.25, 0.3) is 0 Å². The van der Waals surface area contributed by atoms with Crippen molar-refractivity contribution in [1.82, 2.24) is 4.72 Å². The first-order chi connectivity index (χ1) is 9.20. The first-order valence-electron chi connectivity index (χ1n) is 6.94. The zero-order valence-electron chi connectivity index (χ0n) is 12.2. The topological polar surface area (TPSA) is 46.2 Å². The molecule has 0 spiro atoms. The van der Waals surface area contributed by atoms with E-state index in [0.29, 0.717) is 11.3 Å². The summed E-state index contributed by atoms with van der Waals surface area (Å²) in [5.41, 5.74) is 0.957. The van der Waals surface area contributed by atoms with Crippen LogP contribution in [0.5, 0.6) is 0 Å². The standard InChI is InChI=1S/C15H22BrNO2S/c1-15(2,3)14(16)10-11-6-4-5-7-13(11)20(18,19)17-12-8-9-12/h4-7,12,14,17H,8-10H2,1-3H3. The molecule has 1 N–H and O–H groups in total. The van der Waals surface area contributed by atoms with Crippen molar-refractivity contribution < 1.29 is 8.42 Å². The average molecular weight is 360 g/mol. The van der Waals surface area contributed by atoms with Gasteiger partial charge in [-0.3, -0.25) is 0 Å². The lowest BCUT2D eigenvalue weighted by Gasteiger charge is -2.26. The van der Waals surface area contributed by atoms with Gasteiger partial charge in [-0.05, 0) is 36.3 Å². The van der Waals surface area contributed by atoms with E-state index in [1.54, 1.807) is 12.1 Å². The SMILES string of the molecule is CC(C)(C)C(Br)Cc1ccccc1S(=O)(=O)NC1CC1. The van der Waals surface area contributed by atoms with Crippen LogP contribution in [-0.4, -0.2) is 19.3 Å². The maximum atomic E-state index is 12.4. The predicted molar refractivity (Wildman–Crippen MR) is 85.7 cm³/mol. The normalized spacial score (nSPS) is 18.0. The van der Waals surface area contributed by atoms with Crippen LogP contribution in [0.4, 0.5) is 0 Å². The van der Waals surface area contributed by atoms with Gasteiger partial charge in [0.15, 0.2) is 0 Å². The Balaban J connectivity index is 2.26.